The molecular formula is C14H17ClF3N3O2. The Hall–Kier alpha value is -1.80. The van der Waals surface area contributed by atoms with Gasteiger partial charge in [0.1, 0.15) is 0 Å². The number of amides is 2. The van der Waals surface area contributed by atoms with E-state index in [1.807, 2.05) is 0 Å². The van der Waals surface area contributed by atoms with Crippen LogP contribution >= 0.6 is 12.4 Å². The second-order valence-electron chi connectivity index (χ2n) is 5.02. The minimum absolute atomic E-state index is 0. The molecule has 1 aromatic rings. The van der Waals surface area contributed by atoms with Gasteiger partial charge in [0.05, 0.1) is 12.1 Å². The summed E-state index contributed by atoms with van der Waals surface area (Å²) >= 11 is 0. The van der Waals surface area contributed by atoms with E-state index < -0.39 is 17.6 Å². The fourth-order valence-corrected chi connectivity index (χ4v) is 2.13. The number of alkyl halides is 3. The molecule has 1 aromatic carbocycles. The monoisotopic (exact) mass is 351 g/mol. The van der Waals surface area contributed by atoms with Crippen molar-refractivity contribution in [2.75, 3.05) is 19.6 Å². The molecule has 2 rings (SSSR count). The van der Waals surface area contributed by atoms with Crippen LogP contribution in [-0.4, -0.2) is 37.5 Å². The molecule has 0 radical (unpaired) electrons. The van der Waals surface area contributed by atoms with Crippen molar-refractivity contribution in [1.82, 2.24) is 16.0 Å². The maximum atomic E-state index is 12.4. The SMILES string of the molecule is Cl.O=C(CNC(=O)c1ccc(C(F)(F)F)cc1)NC1CCNC1. The number of nitrogens with one attached hydrogen (secondary N) is 3. The summed E-state index contributed by atoms with van der Waals surface area (Å²) in [5.74, 6) is -0.914. The molecule has 1 atom stereocenters. The van der Waals surface area contributed by atoms with E-state index in [9.17, 15) is 22.8 Å². The number of hydrogen-bond acceptors (Lipinski definition) is 3. The number of carbonyl (C=O) groups is 2. The number of benzene rings is 1. The Morgan fingerprint density at radius 2 is 1.87 bits per heavy atom. The van der Waals surface area contributed by atoms with Gasteiger partial charge in [0.2, 0.25) is 5.91 Å². The quantitative estimate of drug-likeness (QED) is 0.766. The van der Waals surface area contributed by atoms with Crippen LogP contribution in [0.25, 0.3) is 0 Å². The van der Waals surface area contributed by atoms with E-state index in [0.717, 1.165) is 37.2 Å². The lowest BCUT2D eigenvalue weighted by Gasteiger charge is -2.12. The van der Waals surface area contributed by atoms with E-state index >= 15 is 0 Å². The molecule has 2 amide bonds. The molecule has 0 spiro atoms. The molecule has 0 aromatic heterocycles. The van der Waals surface area contributed by atoms with Gasteiger partial charge in [-0.25, -0.2) is 0 Å². The highest BCUT2D eigenvalue weighted by molar-refractivity contribution is 5.96. The topological polar surface area (TPSA) is 70.2 Å². The van der Waals surface area contributed by atoms with Crippen molar-refractivity contribution in [2.24, 2.45) is 0 Å². The highest BCUT2D eigenvalue weighted by Crippen LogP contribution is 2.28. The van der Waals surface area contributed by atoms with Gasteiger partial charge in [-0.15, -0.1) is 12.4 Å². The van der Waals surface area contributed by atoms with Gasteiger partial charge in [-0.2, -0.15) is 13.2 Å². The summed E-state index contributed by atoms with van der Waals surface area (Å²) in [6.07, 6.45) is -3.61. The van der Waals surface area contributed by atoms with Crippen LogP contribution in [0.3, 0.4) is 0 Å². The fourth-order valence-electron chi connectivity index (χ4n) is 2.13. The zero-order valence-electron chi connectivity index (χ0n) is 12.1. The highest BCUT2D eigenvalue weighted by atomic mass is 35.5. The van der Waals surface area contributed by atoms with Gasteiger partial charge in [-0.3, -0.25) is 9.59 Å². The molecule has 1 unspecified atom stereocenters. The number of hydrogen-bond donors (Lipinski definition) is 3. The van der Waals surface area contributed by atoms with Crippen molar-refractivity contribution in [3.63, 3.8) is 0 Å². The van der Waals surface area contributed by atoms with Crippen LogP contribution < -0.4 is 16.0 Å². The van der Waals surface area contributed by atoms with Crippen LogP contribution in [0.2, 0.25) is 0 Å². The third-order valence-corrected chi connectivity index (χ3v) is 3.31. The number of rotatable bonds is 4. The molecule has 0 aliphatic carbocycles. The lowest BCUT2D eigenvalue weighted by atomic mass is 10.1. The second kappa shape index (κ2) is 8.16. The third-order valence-electron chi connectivity index (χ3n) is 3.31. The average Bonchev–Trinajstić information content (AvgIpc) is 2.97. The van der Waals surface area contributed by atoms with Crippen LogP contribution in [0.5, 0.6) is 0 Å². The van der Waals surface area contributed by atoms with E-state index in [-0.39, 0.29) is 36.5 Å². The van der Waals surface area contributed by atoms with Crippen LogP contribution in [0.4, 0.5) is 13.2 Å². The van der Waals surface area contributed by atoms with E-state index in [2.05, 4.69) is 16.0 Å². The van der Waals surface area contributed by atoms with Gasteiger partial charge in [0.15, 0.2) is 0 Å². The van der Waals surface area contributed by atoms with Crippen LogP contribution in [0.1, 0.15) is 22.3 Å². The minimum atomic E-state index is -4.44. The molecule has 23 heavy (non-hydrogen) atoms. The Morgan fingerprint density at radius 1 is 1.22 bits per heavy atom. The first-order chi connectivity index (χ1) is 10.4. The van der Waals surface area contributed by atoms with Crippen molar-refractivity contribution >= 4 is 24.2 Å². The Bertz CT molecular complexity index is 543. The van der Waals surface area contributed by atoms with Crippen molar-refractivity contribution in [3.05, 3.63) is 35.4 Å². The predicted octanol–water partition coefficient (Wildman–Crippen LogP) is 1.34. The summed E-state index contributed by atoms with van der Waals surface area (Å²) in [4.78, 5) is 23.4. The zero-order chi connectivity index (χ0) is 16.2. The van der Waals surface area contributed by atoms with Crippen LogP contribution in [-0.2, 0) is 11.0 Å². The standard InChI is InChI=1S/C14H16F3N3O2.ClH/c15-14(16,17)10-3-1-9(2-4-10)13(22)19-8-12(21)20-11-5-6-18-7-11;/h1-4,11,18H,5-8H2,(H,19,22)(H,20,21);1H. The molecule has 1 saturated heterocycles. The maximum Gasteiger partial charge on any atom is 0.416 e. The molecule has 1 aliphatic heterocycles. The Kier molecular flexibility index (Phi) is 6.83. The molecule has 0 bridgehead atoms. The predicted molar refractivity (Wildman–Crippen MR) is 80.4 cm³/mol. The van der Waals surface area contributed by atoms with Gasteiger partial charge in [-0.1, -0.05) is 0 Å². The van der Waals surface area contributed by atoms with E-state index in [0.29, 0.717) is 6.54 Å². The first-order valence-electron chi connectivity index (χ1n) is 6.82. The first kappa shape index (κ1) is 19.2. The smallest absolute Gasteiger partial charge is 0.351 e. The minimum Gasteiger partial charge on any atom is -0.351 e. The molecule has 0 saturated carbocycles. The molecule has 1 heterocycles. The third kappa shape index (κ3) is 5.72. The summed E-state index contributed by atoms with van der Waals surface area (Å²) in [7, 11) is 0. The van der Waals surface area contributed by atoms with Crippen molar-refractivity contribution in [2.45, 2.75) is 18.6 Å². The first-order valence-corrected chi connectivity index (χ1v) is 6.82. The molecule has 3 N–H and O–H groups in total. The van der Waals surface area contributed by atoms with Gasteiger partial charge >= 0.3 is 6.18 Å². The van der Waals surface area contributed by atoms with Crippen LogP contribution in [0, 0.1) is 0 Å². The Balaban J connectivity index is 0.00000264. The van der Waals surface area contributed by atoms with Crippen molar-refractivity contribution < 1.29 is 22.8 Å². The van der Waals surface area contributed by atoms with Gasteiger partial charge in [0, 0.05) is 18.2 Å². The highest BCUT2D eigenvalue weighted by Gasteiger charge is 2.30. The van der Waals surface area contributed by atoms with Gasteiger partial charge in [0.25, 0.3) is 5.91 Å². The number of halogens is 4. The van der Waals surface area contributed by atoms with Gasteiger partial charge in [-0.05, 0) is 37.2 Å². The maximum absolute atomic E-state index is 12.4. The summed E-state index contributed by atoms with van der Waals surface area (Å²) < 4.78 is 37.2. The molecule has 5 nitrogen and oxygen atoms in total. The normalized spacial score (nSPS) is 17.3. The lowest BCUT2D eigenvalue weighted by molar-refractivity contribution is -0.137. The summed E-state index contributed by atoms with van der Waals surface area (Å²) in [6.45, 7) is 1.32. The molecule has 9 heteroatoms. The fraction of sp³-hybridized carbons (Fsp3) is 0.429. The summed E-state index contributed by atoms with van der Waals surface area (Å²) in [6, 6.07) is 3.88. The summed E-state index contributed by atoms with van der Waals surface area (Å²) in [5, 5.41) is 8.22. The van der Waals surface area contributed by atoms with Crippen molar-refractivity contribution in [1.29, 1.82) is 0 Å². The second-order valence-corrected chi connectivity index (χ2v) is 5.02. The molecule has 1 fully saturated rings. The van der Waals surface area contributed by atoms with E-state index in [1.165, 1.54) is 0 Å². The molecule has 128 valence electrons. The zero-order valence-corrected chi connectivity index (χ0v) is 12.9. The number of carbonyl (C=O) groups excluding carboxylic acids is 2. The summed E-state index contributed by atoms with van der Waals surface area (Å²) in [5.41, 5.74) is -0.751. The van der Waals surface area contributed by atoms with Gasteiger partial charge < -0.3 is 16.0 Å². The Morgan fingerprint density at radius 3 is 2.39 bits per heavy atom. The average molecular weight is 352 g/mol. The lowest BCUT2D eigenvalue weighted by Crippen LogP contribution is -2.42. The van der Waals surface area contributed by atoms with E-state index in [1.54, 1.807) is 0 Å². The molecule has 1 aliphatic rings. The Labute approximate surface area is 137 Å². The molecular weight excluding hydrogens is 335 g/mol. The largest absolute Gasteiger partial charge is 0.416 e. The van der Waals surface area contributed by atoms with E-state index in [4.69, 9.17) is 0 Å². The van der Waals surface area contributed by atoms with Crippen LogP contribution in [0.15, 0.2) is 24.3 Å². The van der Waals surface area contributed by atoms with Crippen molar-refractivity contribution in [3.8, 4) is 0 Å².